The van der Waals surface area contributed by atoms with Crippen molar-refractivity contribution < 1.29 is 14.2 Å². The van der Waals surface area contributed by atoms with Crippen LogP contribution in [0, 0.1) is 5.82 Å². The Hall–Kier alpha value is -3.12. The Balaban J connectivity index is 1.56. The number of hydrogen-bond acceptors (Lipinski definition) is 3. The van der Waals surface area contributed by atoms with Crippen molar-refractivity contribution >= 4 is 17.3 Å². The third kappa shape index (κ3) is 8.06. The zero-order valence-electron chi connectivity index (χ0n) is 19.0. The quantitative estimate of drug-likeness (QED) is 0.384. The van der Waals surface area contributed by atoms with Crippen molar-refractivity contribution in [3.8, 4) is 11.5 Å². The van der Waals surface area contributed by atoms with E-state index in [1.807, 2.05) is 42.5 Å². The largest absolute Gasteiger partial charge is 0.504 e. The normalized spacial score (nSPS) is 10.6. The van der Waals surface area contributed by atoms with Crippen molar-refractivity contribution in [2.45, 2.75) is 25.7 Å². The van der Waals surface area contributed by atoms with Gasteiger partial charge in [-0.15, -0.1) is 0 Å². The van der Waals surface area contributed by atoms with Crippen LogP contribution in [0.5, 0.6) is 11.5 Å². The lowest BCUT2D eigenvalue weighted by atomic mass is 10.1. The number of phenols is 1. The highest BCUT2D eigenvalue weighted by Crippen LogP contribution is 2.26. The Kier molecular flexibility index (Phi) is 9.51. The lowest BCUT2D eigenvalue weighted by Gasteiger charge is -2.26. The second-order valence-electron chi connectivity index (χ2n) is 7.94. The first kappa shape index (κ1) is 24.5. The van der Waals surface area contributed by atoms with Crippen LogP contribution in [-0.4, -0.2) is 41.9 Å². The Morgan fingerprint density at radius 3 is 2.33 bits per heavy atom. The number of phenolic OH excluding ortho intramolecular Hbond substituents is 1. The first-order valence-electron chi connectivity index (χ1n) is 11.2. The number of ether oxygens (including phenoxy) is 1. The SMILES string of the molecule is COc1cc(CCCN(CCc2ccc(F)cc2)C(=S)NCCc2ccccc2)ccc1O. The number of hydrogen-bond donors (Lipinski definition) is 2. The number of nitrogens with zero attached hydrogens (tertiary/aromatic N) is 1. The highest BCUT2D eigenvalue weighted by molar-refractivity contribution is 7.80. The van der Waals surface area contributed by atoms with Crippen LogP contribution in [-0.2, 0) is 19.3 Å². The molecule has 0 radical (unpaired) electrons. The zero-order valence-corrected chi connectivity index (χ0v) is 19.8. The van der Waals surface area contributed by atoms with Gasteiger partial charge in [-0.25, -0.2) is 4.39 Å². The van der Waals surface area contributed by atoms with Gasteiger partial charge in [0.2, 0.25) is 0 Å². The highest BCUT2D eigenvalue weighted by Gasteiger charge is 2.11. The molecule has 0 spiro atoms. The summed E-state index contributed by atoms with van der Waals surface area (Å²) >= 11 is 5.72. The second kappa shape index (κ2) is 12.8. The third-order valence-electron chi connectivity index (χ3n) is 5.54. The third-order valence-corrected chi connectivity index (χ3v) is 5.94. The van der Waals surface area contributed by atoms with Gasteiger partial charge in [-0.1, -0.05) is 48.5 Å². The molecule has 33 heavy (non-hydrogen) atoms. The molecule has 0 saturated carbocycles. The van der Waals surface area contributed by atoms with Gasteiger partial charge in [0.05, 0.1) is 7.11 Å². The van der Waals surface area contributed by atoms with E-state index in [0.29, 0.717) is 5.75 Å². The summed E-state index contributed by atoms with van der Waals surface area (Å²) in [5.74, 6) is 0.405. The Labute approximate surface area is 201 Å². The molecule has 4 nitrogen and oxygen atoms in total. The maximum Gasteiger partial charge on any atom is 0.168 e. The molecular formula is C27H31FN2O2S. The lowest BCUT2D eigenvalue weighted by molar-refractivity contribution is 0.372. The number of aromatic hydroxyl groups is 1. The Morgan fingerprint density at radius 2 is 1.61 bits per heavy atom. The summed E-state index contributed by atoms with van der Waals surface area (Å²) < 4.78 is 18.4. The van der Waals surface area contributed by atoms with Gasteiger partial charge >= 0.3 is 0 Å². The molecule has 174 valence electrons. The van der Waals surface area contributed by atoms with Crippen LogP contribution in [0.4, 0.5) is 4.39 Å². The fourth-order valence-electron chi connectivity index (χ4n) is 3.65. The summed E-state index contributed by atoms with van der Waals surface area (Å²) in [7, 11) is 1.55. The molecule has 0 amide bonds. The van der Waals surface area contributed by atoms with Gasteiger partial charge in [-0.2, -0.15) is 0 Å². The van der Waals surface area contributed by atoms with Gasteiger partial charge in [0.1, 0.15) is 5.82 Å². The Bertz CT molecular complexity index is 1010. The minimum absolute atomic E-state index is 0.144. The zero-order chi connectivity index (χ0) is 23.5. The number of methoxy groups -OCH3 is 1. The molecule has 0 aliphatic carbocycles. The summed E-state index contributed by atoms with van der Waals surface area (Å²) in [6, 6.07) is 22.4. The second-order valence-corrected chi connectivity index (χ2v) is 8.33. The molecular weight excluding hydrogens is 435 g/mol. The lowest BCUT2D eigenvalue weighted by Crippen LogP contribution is -2.42. The van der Waals surface area contributed by atoms with Gasteiger partial charge < -0.3 is 20.1 Å². The van der Waals surface area contributed by atoms with E-state index in [1.165, 1.54) is 17.7 Å². The van der Waals surface area contributed by atoms with E-state index in [-0.39, 0.29) is 11.6 Å². The van der Waals surface area contributed by atoms with Crippen LogP contribution >= 0.6 is 12.2 Å². The average molecular weight is 467 g/mol. The predicted octanol–water partition coefficient (Wildman–Crippen LogP) is 5.13. The van der Waals surface area contributed by atoms with Crippen molar-refractivity contribution in [2.24, 2.45) is 0 Å². The van der Waals surface area contributed by atoms with E-state index >= 15 is 0 Å². The number of halogens is 1. The van der Waals surface area contributed by atoms with E-state index < -0.39 is 0 Å². The maximum absolute atomic E-state index is 13.2. The van der Waals surface area contributed by atoms with Crippen molar-refractivity contribution in [1.29, 1.82) is 0 Å². The van der Waals surface area contributed by atoms with E-state index in [9.17, 15) is 9.50 Å². The Morgan fingerprint density at radius 1 is 0.909 bits per heavy atom. The van der Waals surface area contributed by atoms with Crippen LogP contribution < -0.4 is 10.1 Å². The molecule has 2 N–H and O–H groups in total. The summed E-state index contributed by atoms with van der Waals surface area (Å²) in [5.41, 5.74) is 3.45. The van der Waals surface area contributed by atoms with E-state index in [2.05, 4.69) is 22.3 Å². The number of benzene rings is 3. The topological polar surface area (TPSA) is 44.7 Å². The molecule has 0 aromatic heterocycles. The summed E-state index contributed by atoms with van der Waals surface area (Å²) in [5, 5.41) is 13.9. The van der Waals surface area contributed by atoms with Crippen molar-refractivity contribution in [1.82, 2.24) is 10.2 Å². The molecule has 0 aliphatic heterocycles. The molecule has 0 fully saturated rings. The van der Waals surface area contributed by atoms with Crippen LogP contribution in [0.1, 0.15) is 23.1 Å². The molecule has 0 aliphatic rings. The number of rotatable bonds is 11. The number of thiocarbonyl (C=S) groups is 1. The first-order chi connectivity index (χ1) is 16.0. The van der Waals surface area contributed by atoms with E-state index in [4.69, 9.17) is 17.0 Å². The number of aryl methyl sites for hydroxylation is 1. The summed E-state index contributed by atoms with van der Waals surface area (Å²) in [6.07, 6.45) is 3.43. The summed E-state index contributed by atoms with van der Waals surface area (Å²) in [6.45, 7) is 2.31. The summed E-state index contributed by atoms with van der Waals surface area (Å²) in [4.78, 5) is 2.18. The van der Waals surface area contributed by atoms with Crippen LogP contribution in [0.15, 0.2) is 72.8 Å². The van der Waals surface area contributed by atoms with Gasteiger partial charge in [0, 0.05) is 19.6 Å². The van der Waals surface area contributed by atoms with E-state index in [0.717, 1.165) is 61.6 Å². The maximum atomic E-state index is 13.2. The predicted molar refractivity (Wildman–Crippen MR) is 135 cm³/mol. The van der Waals surface area contributed by atoms with Crippen molar-refractivity contribution in [3.05, 3.63) is 95.3 Å². The van der Waals surface area contributed by atoms with Crippen molar-refractivity contribution in [3.63, 3.8) is 0 Å². The average Bonchev–Trinajstić information content (AvgIpc) is 2.83. The number of nitrogens with one attached hydrogen (secondary N) is 1. The molecule has 6 heteroatoms. The minimum atomic E-state index is -0.224. The fourth-order valence-corrected chi connectivity index (χ4v) is 3.94. The first-order valence-corrected chi connectivity index (χ1v) is 11.6. The van der Waals surface area contributed by atoms with Crippen molar-refractivity contribution in [2.75, 3.05) is 26.7 Å². The smallest absolute Gasteiger partial charge is 0.168 e. The molecule has 0 heterocycles. The minimum Gasteiger partial charge on any atom is -0.504 e. The van der Waals surface area contributed by atoms with Crippen LogP contribution in [0.2, 0.25) is 0 Å². The molecule has 0 atom stereocenters. The van der Waals surface area contributed by atoms with Crippen LogP contribution in [0.3, 0.4) is 0 Å². The van der Waals surface area contributed by atoms with Crippen LogP contribution in [0.25, 0.3) is 0 Å². The van der Waals surface area contributed by atoms with Gasteiger partial charge in [-0.3, -0.25) is 0 Å². The molecule has 0 saturated heterocycles. The molecule has 0 bridgehead atoms. The van der Waals surface area contributed by atoms with Gasteiger partial charge in [0.15, 0.2) is 16.6 Å². The fraction of sp³-hybridized carbons (Fsp3) is 0.296. The molecule has 3 aromatic rings. The monoisotopic (exact) mass is 466 g/mol. The highest BCUT2D eigenvalue weighted by atomic mass is 32.1. The molecule has 3 rings (SSSR count). The molecule has 0 unspecified atom stereocenters. The van der Waals surface area contributed by atoms with E-state index in [1.54, 1.807) is 13.2 Å². The van der Waals surface area contributed by atoms with Gasteiger partial charge in [-0.05, 0) is 78.9 Å². The molecule has 3 aromatic carbocycles. The van der Waals surface area contributed by atoms with Gasteiger partial charge in [0.25, 0.3) is 0 Å². The standard InChI is InChI=1S/C27H31FN2O2S/c1-32-26-20-23(11-14-25(26)31)8-5-18-30(19-16-22-9-12-24(28)13-10-22)27(33)29-17-15-21-6-3-2-4-7-21/h2-4,6-7,9-14,20,31H,5,8,15-19H2,1H3,(H,29,33).